The summed E-state index contributed by atoms with van der Waals surface area (Å²) in [5.41, 5.74) is 3.91. The molecule has 0 bridgehead atoms. The predicted octanol–water partition coefficient (Wildman–Crippen LogP) is -5.86. The summed E-state index contributed by atoms with van der Waals surface area (Å²) in [7, 11) is 86.7. The van der Waals surface area contributed by atoms with Gasteiger partial charge in [0.2, 0.25) is 0 Å². The minimum atomic E-state index is 0.0308. The van der Waals surface area contributed by atoms with Gasteiger partial charge in [-0.25, -0.2) is 4.98 Å². The highest BCUT2D eigenvalue weighted by Crippen LogP contribution is 2.41. The lowest BCUT2D eigenvalue weighted by atomic mass is 9.60. The van der Waals surface area contributed by atoms with E-state index in [1.807, 2.05) is 66.7 Å². The molecule has 0 aliphatic carbocycles. The van der Waals surface area contributed by atoms with Crippen molar-refractivity contribution in [2.24, 2.45) is 0 Å². The summed E-state index contributed by atoms with van der Waals surface area (Å²) < 4.78 is 1.78. The molecule has 0 atom stereocenters. The summed E-state index contributed by atoms with van der Waals surface area (Å²) in [6.07, 6.45) is 0. The average molecular weight is 624 g/mol. The molecule has 0 spiro atoms. The molecule has 1 heterocycles. The van der Waals surface area contributed by atoms with Gasteiger partial charge in [0.25, 0.3) is 0 Å². The van der Waals surface area contributed by atoms with Crippen LogP contribution in [-0.4, -0.2) is 112 Å². The minimum absolute atomic E-state index is 0.0308. The Labute approximate surface area is 319 Å². The molecule has 0 aliphatic rings. The van der Waals surface area contributed by atoms with Crippen molar-refractivity contribution in [1.82, 2.24) is 9.55 Å². The molecule has 0 unspecified atom stereocenters. The fourth-order valence-corrected chi connectivity index (χ4v) is 7.29. The van der Waals surface area contributed by atoms with E-state index in [-0.39, 0.29) is 82.4 Å². The molecule has 8 rings (SSSR count). The summed E-state index contributed by atoms with van der Waals surface area (Å²) in [6, 6.07) is 21.2. The lowest BCUT2D eigenvalue weighted by molar-refractivity contribution is 1.13. The molecule has 0 aliphatic heterocycles. The number of hydrogen-bond donors (Lipinski definition) is 0. The van der Waals surface area contributed by atoms with E-state index in [1.54, 1.807) is 4.57 Å². The minimum Gasteiger partial charge on any atom is -0.291 e. The normalized spacial score (nSPS) is 11.7. The van der Waals surface area contributed by atoms with Crippen molar-refractivity contribution in [2.45, 2.75) is 0 Å². The number of benzene rings is 7. The molecule has 15 heteroatoms. The second-order valence-corrected chi connectivity index (χ2v) is 12.8. The van der Waals surface area contributed by atoms with E-state index in [2.05, 4.69) is 0 Å². The highest BCUT2D eigenvalue weighted by atomic mass is 15.1. The molecule has 2 nitrogen and oxygen atoms in total. The largest absolute Gasteiger partial charge is 0.291 e. The molecule has 0 N–H and O–H groups in total. The first-order chi connectivity index (χ1) is 24.8. The monoisotopic (exact) mass is 626 g/mol. The quantitative estimate of drug-likeness (QED) is 0.142. The third-order valence-electron chi connectivity index (χ3n) is 10.0. The molecule has 0 amide bonds. The zero-order chi connectivity index (χ0) is 37.1. The Morgan fingerprint density at radius 2 is 0.827 bits per heavy atom. The average Bonchev–Trinajstić information content (AvgIpc) is 3.53. The van der Waals surface area contributed by atoms with Crippen LogP contribution in [0, 0.1) is 0 Å². The third-order valence-corrected chi connectivity index (χ3v) is 10.0. The van der Waals surface area contributed by atoms with Crippen LogP contribution < -0.4 is 71.0 Å². The lowest BCUT2D eigenvalue weighted by Gasteiger charge is -2.30. The van der Waals surface area contributed by atoms with Gasteiger partial charge in [0.15, 0.2) is 0 Å². The summed E-state index contributed by atoms with van der Waals surface area (Å²) in [5.74, 6) is 0.220. The summed E-state index contributed by atoms with van der Waals surface area (Å²) >= 11 is 0. The molecule has 8 aromatic rings. The molecular weight excluding hydrogens is 613 g/mol. The Kier molecular flexibility index (Phi) is 8.25. The van der Waals surface area contributed by atoms with E-state index in [9.17, 15) is 0 Å². The number of para-hydroxylation sites is 2. The molecular formula is C37H11B13N2. The van der Waals surface area contributed by atoms with E-state index in [0.29, 0.717) is 49.4 Å². The van der Waals surface area contributed by atoms with Crippen LogP contribution >= 0.6 is 0 Å². The Bertz CT molecular complexity index is 2790. The van der Waals surface area contributed by atoms with Crippen LogP contribution in [0.4, 0.5) is 0 Å². The van der Waals surface area contributed by atoms with E-state index in [0.717, 1.165) is 10.8 Å². The van der Waals surface area contributed by atoms with Crippen LogP contribution in [0.2, 0.25) is 0 Å². The van der Waals surface area contributed by atoms with Gasteiger partial charge in [-0.3, -0.25) is 4.57 Å². The number of hydrogen-bond acceptors (Lipinski definition) is 1. The Morgan fingerprint density at radius 1 is 0.385 bits per heavy atom. The van der Waals surface area contributed by atoms with Crippen molar-refractivity contribution in [3.05, 3.63) is 66.7 Å². The molecule has 0 saturated carbocycles. The maximum absolute atomic E-state index is 7.01. The van der Waals surface area contributed by atoms with Crippen molar-refractivity contribution in [1.29, 1.82) is 0 Å². The number of aromatic nitrogens is 2. The Balaban J connectivity index is 1.72. The van der Waals surface area contributed by atoms with Gasteiger partial charge in [-0.2, -0.15) is 0 Å². The van der Waals surface area contributed by atoms with Crippen LogP contribution in [0.25, 0.3) is 71.6 Å². The standard InChI is InChI=1S/C37H11B13N2/c38-23-18-17(14-10-9-12-5-1-2-6-13(12)11-14)19-21(26(41)32(47)30(45)24(19)39)36(20(18)25(40)31(46)29(23)44)52-16-8-4-3-7-15(16)51-37(52)22-27(42)33(48)35(50)34(49)28(22)43/h1-11H. The SMILES string of the molecule is [B]c1c([B])c([B])c(-c2nc3ccccc3n2-c2c3c([B])c([B])c([B])c([B])c3c(-c3ccc4ccccc4c3)c3c([B])c([B])c([B])c([B])c23)c([B])c1[B]. The number of fused-ring (bicyclic) bond motifs is 4. The topological polar surface area (TPSA) is 17.8 Å². The van der Waals surface area contributed by atoms with Crippen molar-refractivity contribution < 1.29 is 0 Å². The summed E-state index contributed by atoms with van der Waals surface area (Å²) in [6.45, 7) is 0. The summed E-state index contributed by atoms with van der Waals surface area (Å²) in [5, 5.41) is 3.55. The summed E-state index contributed by atoms with van der Waals surface area (Å²) in [4.78, 5) is 5.00. The van der Waals surface area contributed by atoms with Crippen molar-refractivity contribution >= 4 is 216 Å². The second kappa shape index (κ2) is 12.4. The van der Waals surface area contributed by atoms with Gasteiger partial charge in [-0.1, -0.05) is 81.3 Å². The molecule has 1 aromatic heterocycles. The number of imidazole rings is 1. The maximum atomic E-state index is 7.01. The van der Waals surface area contributed by atoms with Gasteiger partial charge in [0, 0.05) is 5.56 Å². The van der Waals surface area contributed by atoms with Crippen molar-refractivity contribution in [3.63, 3.8) is 0 Å². The molecule has 26 radical (unpaired) electrons. The third kappa shape index (κ3) is 4.73. The number of rotatable bonds is 3. The van der Waals surface area contributed by atoms with Gasteiger partial charge >= 0.3 is 0 Å². The lowest BCUT2D eigenvalue weighted by Crippen LogP contribution is -2.55. The zero-order valence-electron chi connectivity index (χ0n) is 27.8. The highest BCUT2D eigenvalue weighted by molar-refractivity contribution is 6.72. The van der Waals surface area contributed by atoms with E-state index in [1.165, 1.54) is 0 Å². The molecule has 208 valence electrons. The molecule has 7 aromatic carbocycles. The maximum Gasteiger partial charge on any atom is 0.144 e. The van der Waals surface area contributed by atoms with Crippen molar-refractivity contribution in [2.75, 3.05) is 0 Å². The van der Waals surface area contributed by atoms with E-state index >= 15 is 0 Å². The van der Waals surface area contributed by atoms with Gasteiger partial charge in [0.05, 0.1) is 16.7 Å². The van der Waals surface area contributed by atoms with Gasteiger partial charge in [-0.05, 0) is 61.6 Å². The van der Waals surface area contributed by atoms with Crippen LogP contribution in [0.5, 0.6) is 0 Å². The van der Waals surface area contributed by atoms with Crippen LogP contribution in [0.1, 0.15) is 0 Å². The second-order valence-electron chi connectivity index (χ2n) is 12.8. The first-order valence-electron chi connectivity index (χ1n) is 16.0. The van der Waals surface area contributed by atoms with Crippen LogP contribution in [-0.2, 0) is 0 Å². The first-order valence-corrected chi connectivity index (χ1v) is 16.0. The smallest absolute Gasteiger partial charge is 0.144 e. The van der Waals surface area contributed by atoms with Gasteiger partial charge in [0.1, 0.15) is 108 Å². The van der Waals surface area contributed by atoms with Crippen LogP contribution in [0.15, 0.2) is 66.7 Å². The van der Waals surface area contributed by atoms with Crippen LogP contribution in [0.3, 0.4) is 0 Å². The highest BCUT2D eigenvalue weighted by Gasteiger charge is 2.28. The fourth-order valence-electron chi connectivity index (χ4n) is 7.29. The first kappa shape index (κ1) is 34.7. The Hall–Kier alpha value is -4.37. The zero-order valence-corrected chi connectivity index (χ0v) is 27.8. The predicted molar refractivity (Wildman–Crippen MR) is 235 cm³/mol. The molecule has 0 saturated heterocycles. The molecule has 0 fully saturated rings. The van der Waals surface area contributed by atoms with Gasteiger partial charge < -0.3 is 0 Å². The number of nitrogens with zero attached hydrogens (tertiary/aromatic N) is 2. The Morgan fingerprint density at radius 3 is 1.38 bits per heavy atom. The van der Waals surface area contributed by atoms with E-state index < -0.39 is 0 Å². The van der Waals surface area contributed by atoms with Crippen molar-refractivity contribution in [3.8, 4) is 28.2 Å². The van der Waals surface area contributed by atoms with E-state index in [4.69, 9.17) is 107 Å². The molecule has 52 heavy (non-hydrogen) atoms. The van der Waals surface area contributed by atoms with Gasteiger partial charge in [-0.15, -0.1) is 38.2 Å². The fraction of sp³-hybridized carbons (Fsp3) is 0.